The molecule has 1 fully saturated rings. The number of H-pyrrole nitrogens is 1. The summed E-state index contributed by atoms with van der Waals surface area (Å²) < 4.78 is 0. The molecule has 2 N–H and O–H groups in total. The summed E-state index contributed by atoms with van der Waals surface area (Å²) in [6.45, 7) is 9.02. The van der Waals surface area contributed by atoms with Gasteiger partial charge in [-0.15, -0.1) is 6.58 Å². The van der Waals surface area contributed by atoms with E-state index in [-0.39, 0.29) is 23.8 Å². The van der Waals surface area contributed by atoms with Crippen molar-refractivity contribution in [3.63, 3.8) is 0 Å². The van der Waals surface area contributed by atoms with Crippen LogP contribution in [0.15, 0.2) is 37.1 Å². The highest BCUT2D eigenvalue weighted by atomic mass is 16.2. The van der Waals surface area contributed by atoms with Crippen LogP contribution in [0.2, 0.25) is 0 Å². The maximum Gasteiger partial charge on any atom is 0.324 e. The molecule has 2 heterocycles. The zero-order chi connectivity index (χ0) is 23.5. The zero-order valence-corrected chi connectivity index (χ0v) is 20.1. The number of likely N-dealkylation sites (tertiary alicyclic amines) is 1. The molecule has 0 unspecified atom stereocenters. The molecule has 4 rings (SSSR count). The topological polar surface area (TPSA) is 71.7 Å². The lowest BCUT2D eigenvalue weighted by Gasteiger charge is -2.47. The maximum absolute atomic E-state index is 13.7. The van der Waals surface area contributed by atoms with Crippen LogP contribution in [0.3, 0.4) is 0 Å². The average molecular weight is 452 g/mol. The van der Waals surface area contributed by atoms with Crippen LogP contribution in [0.4, 0.5) is 4.79 Å². The van der Waals surface area contributed by atoms with Crippen molar-refractivity contribution in [3.05, 3.63) is 48.2 Å². The van der Waals surface area contributed by atoms with E-state index < -0.39 is 0 Å². The summed E-state index contributed by atoms with van der Waals surface area (Å²) in [5.41, 5.74) is 3.84. The minimum Gasteiger partial charge on any atom is -0.361 e. The number of urea groups is 1. The Balaban J connectivity index is 1.61. The molecule has 1 aromatic carbocycles. The van der Waals surface area contributed by atoms with E-state index in [1.807, 2.05) is 27.1 Å². The molecule has 0 spiro atoms. The normalized spacial score (nSPS) is 22.2. The van der Waals surface area contributed by atoms with Gasteiger partial charge in [-0.1, -0.05) is 18.2 Å². The van der Waals surface area contributed by atoms with Crippen LogP contribution >= 0.6 is 0 Å². The third-order valence-electron chi connectivity index (χ3n) is 7.11. The zero-order valence-electron chi connectivity index (χ0n) is 20.1. The summed E-state index contributed by atoms with van der Waals surface area (Å²) in [6, 6.07) is 6.50. The van der Waals surface area contributed by atoms with Gasteiger partial charge in [-0.2, -0.15) is 0 Å². The Hall–Kier alpha value is -2.64. The molecule has 0 saturated carbocycles. The van der Waals surface area contributed by atoms with Crippen molar-refractivity contribution in [3.8, 4) is 0 Å². The van der Waals surface area contributed by atoms with Crippen molar-refractivity contribution < 1.29 is 9.59 Å². The van der Waals surface area contributed by atoms with E-state index in [4.69, 9.17) is 0 Å². The monoisotopic (exact) mass is 451 g/mol. The lowest BCUT2D eigenvalue weighted by Crippen LogP contribution is -2.55. The molecule has 178 valence electrons. The molecule has 1 saturated heterocycles. The minimum atomic E-state index is -0.280. The van der Waals surface area contributed by atoms with Crippen molar-refractivity contribution in [2.24, 2.45) is 5.92 Å². The molecular formula is C26H37N5O2. The summed E-state index contributed by atoms with van der Waals surface area (Å²) >= 11 is 0. The van der Waals surface area contributed by atoms with E-state index >= 15 is 0 Å². The van der Waals surface area contributed by atoms with E-state index in [0.29, 0.717) is 25.7 Å². The van der Waals surface area contributed by atoms with E-state index in [0.717, 1.165) is 37.9 Å². The standard InChI is InChI=1S/C26H37N5O2/c1-5-11-30-17-19(25(32)31(26(33)27-6-2)13-8-12-29(3)4)14-21-20-9-7-10-22-24(20)18(16-28-22)15-23(21)30/h5,7,9-10,16,19,21,23,28H,1,6,8,11-15,17H2,2-4H3,(H,27,33)/t19-,21+,23+/m0/s1. The third-order valence-corrected chi connectivity index (χ3v) is 7.11. The number of nitrogens with zero attached hydrogens (tertiary/aromatic N) is 3. The number of carbonyl (C=O) groups excluding carboxylic acids is 2. The highest BCUT2D eigenvalue weighted by Gasteiger charge is 2.43. The molecule has 0 bridgehead atoms. The lowest BCUT2D eigenvalue weighted by atomic mass is 9.72. The predicted octanol–water partition coefficient (Wildman–Crippen LogP) is 3.19. The third kappa shape index (κ3) is 4.70. The fraction of sp³-hybridized carbons (Fsp3) is 0.538. The highest BCUT2D eigenvalue weighted by Crippen LogP contribution is 2.45. The first-order valence-electron chi connectivity index (χ1n) is 12.1. The number of nitrogens with one attached hydrogen (secondary N) is 2. The van der Waals surface area contributed by atoms with Crippen LogP contribution in [0.1, 0.15) is 36.8 Å². The highest BCUT2D eigenvalue weighted by molar-refractivity contribution is 5.96. The Labute approximate surface area is 196 Å². The van der Waals surface area contributed by atoms with Crippen LogP contribution in [0.5, 0.6) is 0 Å². The first-order chi connectivity index (χ1) is 15.9. The first kappa shape index (κ1) is 23.5. The molecule has 2 aromatic rings. The van der Waals surface area contributed by atoms with Gasteiger partial charge in [0.2, 0.25) is 5.91 Å². The lowest BCUT2D eigenvalue weighted by molar-refractivity contribution is -0.135. The Bertz CT molecular complexity index is 1010. The van der Waals surface area contributed by atoms with E-state index in [9.17, 15) is 9.59 Å². The molecule has 7 nitrogen and oxygen atoms in total. The smallest absolute Gasteiger partial charge is 0.324 e. The van der Waals surface area contributed by atoms with Gasteiger partial charge in [-0.05, 0) is 64.0 Å². The van der Waals surface area contributed by atoms with Gasteiger partial charge in [-0.3, -0.25) is 14.6 Å². The van der Waals surface area contributed by atoms with Crippen LogP contribution in [-0.4, -0.2) is 84.5 Å². The Morgan fingerprint density at radius 1 is 1.30 bits per heavy atom. The second-order valence-electron chi connectivity index (χ2n) is 9.62. The summed E-state index contributed by atoms with van der Waals surface area (Å²) in [5, 5.41) is 4.16. The van der Waals surface area contributed by atoms with Crippen LogP contribution in [-0.2, 0) is 11.2 Å². The number of benzene rings is 1. The second kappa shape index (κ2) is 10.1. The summed E-state index contributed by atoms with van der Waals surface area (Å²) in [7, 11) is 4.01. The summed E-state index contributed by atoms with van der Waals surface area (Å²) in [5.74, 6) is -0.0133. The van der Waals surface area contributed by atoms with Gasteiger partial charge in [0.05, 0.1) is 5.92 Å². The molecular weight excluding hydrogens is 414 g/mol. The number of aromatic nitrogens is 1. The SMILES string of the molecule is C=CCN1C[C@@H](C(=O)N(CCCN(C)C)C(=O)NCC)C[C@@H]2c3cccc4[nH]cc(c34)C[C@H]21. The van der Waals surface area contributed by atoms with Gasteiger partial charge in [0.15, 0.2) is 0 Å². The first-order valence-corrected chi connectivity index (χ1v) is 12.1. The average Bonchev–Trinajstić information content (AvgIpc) is 3.21. The molecule has 2 aliphatic rings. The van der Waals surface area contributed by atoms with Gasteiger partial charge in [0.1, 0.15) is 0 Å². The quantitative estimate of drug-likeness (QED) is 0.605. The maximum atomic E-state index is 13.7. The van der Waals surface area contributed by atoms with Gasteiger partial charge in [0.25, 0.3) is 0 Å². The van der Waals surface area contributed by atoms with Crippen LogP contribution < -0.4 is 5.32 Å². The number of hydrogen-bond acceptors (Lipinski definition) is 4. The minimum absolute atomic E-state index is 0.0562. The van der Waals surface area contributed by atoms with Crippen molar-refractivity contribution in [1.82, 2.24) is 25.0 Å². The fourth-order valence-corrected chi connectivity index (χ4v) is 5.68. The predicted molar refractivity (Wildman–Crippen MR) is 132 cm³/mol. The van der Waals surface area contributed by atoms with Gasteiger partial charge in [0, 0.05) is 55.2 Å². The van der Waals surface area contributed by atoms with Crippen LogP contribution in [0, 0.1) is 5.92 Å². The van der Waals surface area contributed by atoms with Crippen LogP contribution in [0.25, 0.3) is 10.9 Å². The number of hydrogen-bond donors (Lipinski definition) is 2. The molecule has 1 aliphatic carbocycles. The number of fused-ring (bicyclic) bond motifs is 2. The molecule has 3 atom stereocenters. The molecule has 7 heteroatoms. The van der Waals surface area contributed by atoms with Crippen molar-refractivity contribution in [1.29, 1.82) is 0 Å². The number of aromatic amines is 1. The molecule has 3 amide bonds. The van der Waals surface area contributed by atoms with E-state index in [1.54, 1.807) is 0 Å². The van der Waals surface area contributed by atoms with Gasteiger partial charge < -0.3 is 15.2 Å². The Morgan fingerprint density at radius 2 is 2.12 bits per heavy atom. The fourth-order valence-electron chi connectivity index (χ4n) is 5.68. The Kier molecular flexibility index (Phi) is 7.20. The number of amides is 3. The summed E-state index contributed by atoms with van der Waals surface area (Å²) in [4.78, 5) is 35.9. The van der Waals surface area contributed by atoms with E-state index in [1.165, 1.54) is 21.4 Å². The Morgan fingerprint density at radius 3 is 2.85 bits per heavy atom. The number of piperidine rings is 1. The molecule has 0 radical (unpaired) electrons. The number of rotatable bonds is 8. The largest absolute Gasteiger partial charge is 0.361 e. The number of imide groups is 1. The second-order valence-corrected chi connectivity index (χ2v) is 9.62. The molecule has 33 heavy (non-hydrogen) atoms. The molecule has 1 aromatic heterocycles. The summed E-state index contributed by atoms with van der Waals surface area (Å²) in [6.07, 6.45) is 6.56. The van der Waals surface area contributed by atoms with E-state index in [2.05, 4.69) is 51.1 Å². The van der Waals surface area contributed by atoms with Crippen molar-refractivity contribution in [2.45, 2.75) is 38.1 Å². The number of carbonyl (C=O) groups is 2. The van der Waals surface area contributed by atoms with Gasteiger partial charge >= 0.3 is 6.03 Å². The van der Waals surface area contributed by atoms with Crippen molar-refractivity contribution in [2.75, 3.05) is 46.8 Å². The molecule has 1 aliphatic heterocycles. The van der Waals surface area contributed by atoms with Crippen molar-refractivity contribution >= 4 is 22.8 Å². The van der Waals surface area contributed by atoms with Gasteiger partial charge in [-0.25, -0.2) is 4.79 Å².